The van der Waals surface area contributed by atoms with Crippen LogP contribution in [-0.4, -0.2) is 63.9 Å². The van der Waals surface area contributed by atoms with Gasteiger partial charge in [0.05, 0.1) is 21.5 Å². The van der Waals surface area contributed by atoms with Crippen molar-refractivity contribution in [3.05, 3.63) is 129 Å². The number of benzene rings is 4. The molecule has 0 bridgehead atoms. The van der Waals surface area contributed by atoms with E-state index >= 15 is 0 Å². The lowest BCUT2D eigenvalue weighted by Crippen LogP contribution is -2.35. The van der Waals surface area contributed by atoms with Gasteiger partial charge in [0.25, 0.3) is 0 Å². The SMILES string of the molecule is CCN(C(=O)Cn1c(C(=O)CC2CCC(C(=O)NCCCCCCNC(C)=O)CC2)cc2sccc21)c1cccc(C)c1.O=C(O)c1ccccc1-c1c2ccc(=O)cc-2oc2cc(O)ccc12. The molecule has 2 aromatic heterocycles. The molecule has 4 N–H and O–H groups in total. The number of carbonyl (C=O) groups is 5. The first-order valence-electron chi connectivity index (χ1n) is 23.3. The van der Waals surface area contributed by atoms with Gasteiger partial charge in [0, 0.05) is 73.2 Å². The fourth-order valence-corrected chi connectivity index (χ4v) is 9.98. The second-order valence-corrected chi connectivity index (χ2v) is 18.4. The van der Waals surface area contributed by atoms with Crippen LogP contribution in [-0.2, 0) is 20.9 Å². The molecule has 5 aromatic rings. The number of anilines is 1. The fraction of sp³-hybridized carbons (Fsp3) is 0.333. The number of aromatic nitrogens is 1. The van der Waals surface area contributed by atoms with Crippen LogP contribution in [0.1, 0.15) is 98.0 Å². The Balaban J connectivity index is 0.000000230. The molecule has 1 fully saturated rings. The van der Waals surface area contributed by atoms with Crippen molar-refractivity contribution in [2.45, 2.75) is 85.1 Å². The minimum atomic E-state index is -1.04. The number of thiophene rings is 1. The molecule has 0 spiro atoms. The highest BCUT2D eigenvalue weighted by molar-refractivity contribution is 7.17. The lowest BCUT2D eigenvalue weighted by molar-refractivity contribution is -0.126. The quantitative estimate of drug-likeness (QED) is 0.0391. The van der Waals surface area contributed by atoms with Crippen LogP contribution in [0.5, 0.6) is 5.75 Å². The maximum absolute atomic E-state index is 13.6. The molecule has 8 rings (SSSR count). The number of rotatable bonds is 17. The molecule has 13 nitrogen and oxygen atoms in total. The third-order valence-electron chi connectivity index (χ3n) is 12.6. The van der Waals surface area contributed by atoms with E-state index in [2.05, 4.69) is 10.6 Å². The van der Waals surface area contributed by atoms with Crippen molar-refractivity contribution in [1.82, 2.24) is 15.2 Å². The maximum atomic E-state index is 13.6. The molecule has 3 heterocycles. The Labute approximate surface area is 399 Å². The van der Waals surface area contributed by atoms with E-state index in [-0.39, 0.29) is 58.6 Å². The summed E-state index contributed by atoms with van der Waals surface area (Å²) < 4.78 is 8.68. The number of phenolic OH excluding ortho intramolecular Hbond substituents is 1. The number of nitrogens with zero attached hydrogens (tertiary/aromatic N) is 2. The Hall–Kier alpha value is -7.06. The number of nitrogens with one attached hydrogen (secondary N) is 2. The first-order valence-corrected chi connectivity index (χ1v) is 24.2. The number of aromatic carboxylic acids is 1. The molecule has 0 radical (unpaired) electrons. The number of hydrogen-bond donors (Lipinski definition) is 4. The Morgan fingerprint density at radius 3 is 2.29 bits per heavy atom. The number of aryl methyl sites for hydroxylation is 1. The molecule has 3 amide bonds. The summed E-state index contributed by atoms with van der Waals surface area (Å²) in [5, 5.41) is 27.8. The van der Waals surface area contributed by atoms with Gasteiger partial charge in [-0.05, 0) is 129 Å². The standard InChI is InChI=1S/C34H46N4O4S.C20H12O5/c1-4-37(28-11-9-10-24(2)20-28)33(41)23-38-29-16-19-43-32(29)22-30(38)31(40)21-26-12-14-27(15-13-26)34(42)36-18-8-6-5-7-17-35-25(3)39;21-11-5-7-15-17(9-11)25-18-10-12(22)6-8-16(18)19(15)13-3-1-2-4-14(13)20(23)24/h9-11,16,19-20,22,26-27H,4-8,12-15,17-18,21,23H2,1-3H3,(H,35,39)(H,36,42);1-10,21H,(H,23,24). The molecule has 354 valence electrons. The smallest absolute Gasteiger partial charge is 0.336 e. The summed E-state index contributed by atoms with van der Waals surface area (Å²) in [6.07, 6.45) is 7.73. The second kappa shape index (κ2) is 22.6. The number of ketones is 1. The average Bonchev–Trinajstić information content (AvgIpc) is 3.92. The minimum Gasteiger partial charge on any atom is -0.508 e. The zero-order chi connectivity index (χ0) is 48.3. The minimum absolute atomic E-state index is 0.00492. The van der Waals surface area contributed by atoms with E-state index in [0.717, 1.165) is 72.8 Å². The van der Waals surface area contributed by atoms with Crippen LogP contribution in [0.3, 0.4) is 0 Å². The van der Waals surface area contributed by atoms with Gasteiger partial charge in [0.2, 0.25) is 17.7 Å². The number of fused-ring (bicyclic) bond motifs is 3. The Bertz CT molecular complexity index is 2960. The summed E-state index contributed by atoms with van der Waals surface area (Å²) in [6, 6.07) is 27.6. The van der Waals surface area contributed by atoms with Gasteiger partial charge in [-0.3, -0.25) is 24.0 Å². The van der Waals surface area contributed by atoms with Gasteiger partial charge >= 0.3 is 5.97 Å². The summed E-state index contributed by atoms with van der Waals surface area (Å²) in [5.74, 6) is -0.265. The molecule has 0 unspecified atom stereocenters. The van der Waals surface area contributed by atoms with E-state index in [4.69, 9.17) is 4.42 Å². The number of likely N-dealkylation sites (N-methyl/N-ethyl adjacent to an activating group) is 1. The van der Waals surface area contributed by atoms with E-state index in [1.54, 1.807) is 46.6 Å². The second-order valence-electron chi connectivity index (χ2n) is 17.5. The van der Waals surface area contributed by atoms with Crippen molar-refractivity contribution in [3.63, 3.8) is 0 Å². The van der Waals surface area contributed by atoms with E-state index in [1.165, 1.54) is 37.3 Å². The van der Waals surface area contributed by atoms with Crippen LogP contribution in [0.25, 0.3) is 43.6 Å². The summed E-state index contributed by atoms with van der Waals surface area (Å²) in [6.45, 7) is 7.57. The molecule has 0 atom stereocenters. The van der Waals surface area contributed by atoms with Crippen LogP contribution in [0.2, 0.25) is 0 Å². The van der Waals surface area contributed by atoms with Crippen molar-refractivity contribution < 1.29 is 38.6 Å². The molecule has 3 aromatic carbocycles. The number of carbonyl (C=O) groups excluding carboxylic acids is 4. The Morgan fingerprint density at radius 2 is 1.57 bits per heavy atom. The zero-order valence-corrected chi connectivity index (χ0v) is 39.5. The highest BCUT2D eigenvalue weighted by atomic mass is 32.1. The average molecular weight is 939 g/mol. The van der Waals surface area contributed by atoms with Crippen molar-refractivity contribution in [3.8, 4) is 28.2 Å². The highest BCUT2D eigenvalue weighted by Gasteiger charge is 2.29. The predicted octanol–water partition coefficient (Wildman–Crippen LogP) is 10.2. The van der Waals surface area contributed by atoms with Gasteiger partial charge in [-0.2, -0.15) is 0 Å². The van der Waals surface area contributed by atoms with Crippen LogP contribution in [0.15, 0.2) is 112 Å². The fourth-order valence-electron chi connectivity index (χ4n) is 9.15. The summed E-state index contributed by atoms with van der Waals surface area (Å²) in [4.78, 5) is 75.9. The zero-order valence-electron chi connectivity index (χ0n) is 38.7. The number of carboxylic acid groups (broad SMARTS) is 1. The van der Waals surface area contributed by atoms with Gasteiger partial charge in [-0.25, -0.2) is 4.79 Å². The number of amides is 3. The maximum Gasteiger partial charge on any atom is 0.336 e. The van der Waals surface area contributed by atoms with E-state index in [9.17, 15) is 39.0 Å². The lowest BCUT2D eigenvalue weighted by atomic mass is 9.79. The number of Topliss-reactive ketones (excluding diaryl/α,β-unsaturated/α-hetero) is 1. The molecule has 68 heavy (non-hydrogen) atoms. The molecule has 2 aliphatic carbocycles. The first-order chi connectivity index (χ1) is 32.8. The van der Waals surface area contributed by atoms with Crippen LogP contribution >= 0.6 is 11.3 Å². The predicted molar refractivity (Wildman–Crippen MR) is 267 cm³/mol. The van der Waals surface area contributed by atoms with E-state index in [1.807, 2.05) is 60.2 Å². The Kier molecular flexibility index (Phi) is 16.3. The van der Waals surface area contributed by atoms with E-state index < -0.39 is 5.97 Å². The molecule has 3 aliphatic rings. The monoisotopic (exact) mass is 938 g/mol. The molecule has 0 saturated heterocycles. The highest BCUT2D eigenvalue weighted by Crippen LogP contribution is 2.42. The number of phenols is 1. The van der Waals surface area contributed by atoms with Gasteiger partial charge in [-0.15, -0.1) is 11.3 Å². The van der Waals surface area contributed by atoms with E-state index in [0.29, 0.717) is 65.2 Å². The summed E-state index contributed by atoms with van der Waals surface area (Å²) in [7, 11) is 0. The van der Waals surface area contributed by atoms with Crippen LogP contribution < -0.4 is 21.0 Å². The summed E-state index contributed by atoms with van der Waals surface area (Å²) >= 11 is 1.59. The third-order valence-corrected chi connectivity index (χ3v) is 13.5. The Morgan fingerprint density at radius 1 is 0.824 bits per heavy atom. The summed E-state index contributed by atoms with van der Waals surface area (Å²) in [5.41, 5.74) is 5.60. The topological polar surface area (TPSA) is 188 Å². The number of unbranched alkanes of at least 4 members (excludes halogenated alkanes) is 3. The van der Waals surface area contributed by atoms with Crippen molar-refractivity contribution in [1.29, 1.82) is 0 Å². The number of carboxylic acids is 1. The molecule has 1 aliphatic heterocycles. The number of hydrogen-bond acceptors (Lipinski definition) is 9. The molecule has 14 heteroatoms. The van der Waals surface area contributed by atoms with Gasteiger partial charge < -0.3 is 34.7 Å². The van der Waals surface area contributed by atoms with Gasteiger partial charge in [0.15, 0.2) is 11.2 Å². The van der Waals surface area contributed by atoms with Crippen LogP contribution in [0.4, 0.5) is 5.69 Å². The normalized spacial score (nSPS) is 14.6. The van der Waals surface area contributed by atoms with Gasteiger partial charge in [-0.1, -0.05) is 43.2 Å². The van der Waals surface area contributed by atoms with Crippen molar-refractivity contribution >= 4 is 67.7 Å². The largest absolute Gasteiger partial charge is 0.508 e. The van der Waals surface area contributed by atoms with Crippen LogP contribution in [0, 0.1) is 18.8 Å². The first kappa shape index (κ1) is 48.9. The number of aromatic hydroxyl groups is 1. The van der Waals surface area contributed by atoms with Gasteiger partial charge in [0.1, 0.15) is 23.6 Å². The van der Waals surface area contributed by atoms with Crippen molar-refractivity contribution in [2.75, 3.05) is 24.5 Å². The molecular formula is C54H58N4O9S. The third kappa shape index (κ3) is 11.9. The lowest BCUT2D eigenvalue weighted by Gasteiger charge is -2.27. The molecule has 1 saturated carbocycles. The molecular weight excluding hydrogens is 881 g/mol. The van der Waals surface area contributed by atoms with Crippen molar-refractivity contribution in [2.24, 2.45) is 11.8 Å².